The van der Waals surface area contributed by atoms with Crippen LogP contribution in [0.3, 0.4) is 0 Å². The third kappa shape index (κ3) is 3.67. The molecule has 0 spiro atoms. The summed E-state index contributed by atoms with van der Waals surface area (Å²) in [5.74, 6) is 1.78. The van der Waals surface area contributed by atoms with Crippen LogP contribution < -0.4 is 10.5 Å². The molecule has 0 amide bonds. The average Bonchev–Trinajstić information content (AvgIpc) is 2.38. The predicted octanol–water partition coefficient (Wildman–Crippen LogP) is 4.39. The van der Waals surface area contributed by atoms with E-state index in [1.54, 1.807) is 7.11 Å². The first kappa shape index (κ1) is 14.7. The molecule has 106 valence electrons. The summed E-state index contributed by atoms with van der Waals surface area (Å²) in [5.41, 5.74) is 7.29. The Kier molecular flexibility index (Phi) is 5.17. The normalized spacial score (nSPS) is 25.1. The van der Waals surface area contributed by atoms with Gasteiger partial charge in [-0.15, -0.1) is 11.8 Å². The Bertz CT molecular complexity index is 419. The number of thioether (sulfide) groups is 1. The molecule has 0 bridgehead atoms. The van der Waals surface area contributed by atoms with Gasteiger partial charge in [0.2, 0.25) is 0 Å². The van der Waals surface area contributed by atoms with E-state index in [2.05, 4.69) is 19.1 Å². The number of benzene rings is 1. The van der Waals surface area contributed by atoms with Crippen LogP contribution in [-0.2, 0) is 0 Å². The quantitative estimate of drug-likeness (QED) is 0.888. The monoisotopic (exact) mass is 279 g/mol. The van der Waals surface area contributed by atoms with Crippen molar-refractivity contribution in [2.45, 2.75) is 55.7 Å². The molecule has 1 aromatic rings. The smallest absolute Gasteiger partial charge is 0.124 e. The second-order valence-corrected chi connectivity index (χ2v) is 7.01. The number of ether oxygens (including phenoxy) is 1. The molecule has 2 rings (SSSR count). The fourth-order valence-electron chi connectivity index (χ4n) is 2.92. The second-order valence-electron chi connectivity index (χ2n) is 5.67. The molecule has 2 N–H and O–H groups in total. The van der Waals surface area contributed by atoms with Crippen molar-refractivity contribution in [2.75, 3.05) is 7.11 Å². The fraction of sp³-hybridized carbons (Fsp3) is 0.625. The summed E-state index contributed by atoms with van der Waals surface area (Å²) in [5, 5.41) is 0.730. The third-order valence-electron chi connectivity index (χ3n) is 3.88. The molecule has 0 aromatic heterocycles. The maximum absolute atomic E-state index is 6.13. The molecule has 1 saturated carbocycles. The Morgan fingerprint density at radius 2 is 2.16 bits per heavy atom. The highest BCUT2D eigenvalue weighted by molar-refractivity contribution is 8.00. The fourth-order valence-corrected chi connectivity index (χ4v) is 4.56. The molecule has 0 saturated heterocycles. The highest BCUT2D eigenvalue weighted by atomic mass is 32.2. The van der Waals surface area contributed by atoms with E-state index in [0.717, 1.165) is 22.5 Å². The van der Waals surface area contributed by atoms with Gasteiger partial charge in [-0.05, 0) is 37.8 Å². The van der Waals surface area contributed by atoms with E-state index in [-0.39, 0.29) is 6.04 Å². The summed E-state index contributed by atoms with van der Waals surface area (Å²) < 4.78 is 5.46. The zero-order valence-corrected chi connectivity index (χ0v) is 13.0. The van der Waals surface area contributed by atoms with Gasteiger partial charge in [0.05, 0.1) is 7.11 Å². The molecular weight excluding hydrogens is 254 g/mol. The van der Waals surface area contributed by atoms with Crippen LogP contribution in [0.25, 0.3) is 0 Å². The van der Waals surface area contributed by atoms with Crippen molar-refractivity contribution in [3.8, 4) is 5.75 Å². The van der Waals surface area contributed by atoms with E-state index in [4.69, 9.17) is 10.5 Å². The minimum atomic E-state index is 0.0136. The molecule has 0 heterocycles. The van der Waals surface area contributed by atoms with Crippen molar-refractivity contribution in [3.63, 3.8) is 0 Å². The Labute approximate surface area is 121 Å². The zero-order valence-electron chi connectivity index (χ0n) is 12.2. The standard InChI is InChI=1S/C16H25NOS/c1-11-6-4-7-13(10-11)19-15-9-5-8-14(18-3)16(15)12(2)17/h5,8-9,11-13H,4,6-7,10,17H2,1-3H3/t11?,12-,13?/m1/s1. The van der Waals surface area contributed by atoms with Gasteiger partial charge in [0.15, 0.2) is 0 Å². The summed E-state index contributed by atoms with van der Waals surface area (Å²) in [6, 6.07) is 6.27. The van der Waals surface area contributed by atoms with E-state index in [1.165, 1.54) is 30.6 Å². The van der Waals surface area contributed by atoms with Gasteiger partial charge in [0.1, 0.15) is 5.75 Å². The van der Waals surface area contributed by atoms with Gasteiger partial charge >= 0.3 is 0 Å². The molecule has 3 heteroatoms. The van der Waals surface area contributed by atoms with Gasteiger partial charge in [-0.25, -0.2) is 0 Å². The lowest BCUT2D eigenvalue weighted by Crippen LogP contribution is -2.16. The van der Waals surface area contributed by atoms with Crippen molar-refractivity contribution < 1.29 is 4.74 Å². The minimum absolute atomic E-state index is 0.0136. The largest absolute Gasteiger partial charge is 0.496 e. The predicted molar refractivity (Wildman–Crippen MR) is 82.9 cm³/mol. The average molecular weight is 279 g/mol. The van der Waals surface area contributed by atoms with Crippen LogP contribution in [-0.4, -0.2) is 12.4 Å². The van der Waals surface area contributed by atoms with E-state index < -0.39 is 0 Å². The van der Waals surface area contributed by atoms with Crippen LogP contribution in [0.5, 0.6) is 5.75 Å². The number of rotatable bonds is 4. The summed E-state index contributed by atoms with van der Waals surface area (Å²) >= 11 is 1.99. The Hall–Kier alpha value is -0.670. The summed E-state index contributed by atoms with van der Waals surface area (Å²) in [6.45, 7) is 4.40. The van der Waals surface area contributed by atoms with Gasteiger partial charge in [0, 0.05) is 21.8 Å². The molecule has 1 aliphatic carbocycles. The molecule has 1 aromatic carbocycles. The molecule has 0 radical (unpaired) electrons. The van der Waals surface area contributed by atoms with Crippen LogP contribution in [0, 0.1) is 5.92 Å². The minimum Gasteiger partial charge on any atom is -0.496 e. The first-order valence-corrected chi connectivity index (χ1v) is 8.09. The van der Waals surface area contributed by atoms with Gasteiger partial charge in [0.25, 0.3) is 0 Å². The number of methoxy groups -OCH3 is 1. The van der Waals surface area contributed by atoms with Gasteiger partial charge in [-0.1, -0.05) is 25.8 Å². The molecule has 1 fully saturated rings. The third-order valence-corrected chi connectivity index (χ3v) is 5.25. The van der Waals surface area contributed by atoms with Crippen molar-refractivity contribution in [1.29, 1.82) is 0 Å². The number of hydrogen-bond donors (Lipinski definition) is 1. The molecule has 2 nitrogen and oxygen atoms in total. The topological polar surface area (TPSA) is 35.2 Å². The molecule has 19 heavy (non-hydrogen) atoms. The summed E-state index contributed by atoms with van der Waals surface area (Å²) in [6.07, 6.45) is 5.39. The Morgan fingerprint density at radius 3 is 2.79 bits per heavy atom. The maximum Gasteiger partial charge on any atom is 0.124 e. The van der Waals surface area contributed by atoms with Crippen LogP contribution in [0.4, 0.5) is 0 Å². The number of hydrogen-bond acceptors (Lipinski definition) is 3. The first-order chi connectivity index (χ1) is 9.11. The van der Waals surface area contributed by atoms with Gasteiger partial charge in [-0.2, -0.15) is 0 Å². The summed E-state index contributed by atoms with van der Waals surface area (Å²) in [4.78, 5) is 1.30. The van der Waals surface area contributed by atoms with Gasteiger partial charge in [-0.3, -0.25) is 0 Å². The zero-order chi connectivity index (χ0) is 13.8. The van der Waals surface area contributed by atoms with E-state index >= 15 is 0 Å². The Morgan fingerprint density at radius 1 is 1.37 bits per heavy atom. The van der Waals surface area contributed by atoms with E-state index in [1.807, 2.05) is 24.8 Å². The lowest BCUT2D eigenvalue weighted by atomic mass is 9.91. The molecule has 1 aliphatic rings. The molecular formula is C16H25NOS. The van der Waals surface area contributed by atoms with Crippen LogP contribution in [0.2, 0.25) is 0 Å². The van der Waals surface area contributed by atoms with Crippen molar-refractivity contribution >= 4 is 11.8 Å². The van der Waals surface area contributed by atoms with E-state index in [0.29, 0.717) is 0 Å². The highest BCUT2D eigenvalue weighted by Gasteiger charge is 2.22. The maximum atomic E-state index is 6.13. The Balaban J connectivity index is 2.19. The van der Waals surface area contributed by atoms with Crippen molar-refractivity contribution in [2.24, 2.45) is 11.7 Å². The van der Waals surface area contributed by atoms with Crippen LogP contribution in [0.1, 0.15) is 51.1 Å². The molecule has 3 atom stereocenters. The van der Waals surface area contributed by atoms with Crippen molar-refractivity contribution in [1.82, 2.24) is 0 Å². The second kappa shape index (κ2) is 6.67. The SMILES string of the molecule is COc1cccc(SC2CCCC(C)C2)c1[C@@H](C)N. The van der Waals surface area contributed by atoms with Crippen LogP contribution >= 0.6 is 11.8 Å². The lowest BCUT2D eigenvalue weighted by molar-refractivity contribution is 0.393. The number of nitrogens with two attached hydrogens (primary N) is 1. The molecule has 2 unspecified atom stereocenters. The summed E-state index contributed by atoms with van der Waals surface area (Å²) in [7, 11) is 1.72. The lowest BCUT2D eigenvalue weighted by Gasteiger charge is -2.27. The van der Waals surface area contributed by atoms with E-state index in [9.17, 15) is 0 Å². The molecule has 0 aliphatic heterocycles. The first-order valence-electron chi connectivity index (χ1n) is 7.21. The highest BCUT2D eigenvalue weighted by Crippen LogP contribution is 2.41. The van der Waals surface area contributed by atoms with Crippen LogP contribution in [0.15, 0.2) is 23.1 Å². The van der Waals surface area contributed by atoms with Crippen molar-refractivity contribution in [3.05, 3.63) is 23.8 Å². The van der Waals surface area contributed by atoms with Gasteiger partial charge < -0.3 is 10.5 Å².